The summed E-state index contributed by atoms with van der Waals surface area (Å²) in [7, 11) is 1.94. The van der Waals surface area contributed by atoms with Gasteiger partial charge in [0.05, 0.1) is 6.54 Å². The maximum atomic E-state index is 10.9. The predicted octanol–water partition coefficient (Wildman–Crippen LogP) is 3.04. The average molecular weight is 229 g/mol. The molecule has 0 bridgehead atoms. The molecule has 0 radical (unpaired) electrons. The zero-order chi connectivity index (χ0) is 12.3. The van der Waals surface area contributed by atoms with Crippen LogP contribution in [0.4, 0.5) is 5.69 Å². The van der Waals surface area contributed by atoms with Gasteiger partial charge in [-0.25, -0.2) is 0 Å². The van der Waals surface area contributed by atoms with Gasteiger partial charge in [0.2, 0.25) is 0 Å². The summed E-state index contributed by atoms with van der Waals surface area (Å²) in [6.07, 6.45) is 0.874. The van der Waals surface area contributed by atoms with Gasteiger partial charge in [0.25, 0.3) is 0 Å². The largest absolute Gasteiger partial charge is 0.464 e. The number of carbonyl (C=O) groups excluding carboxylic acids is 1. The van der Waals surface area contributed by atoms with Crippen molar-refractivity contribution in [1.29, 1.82) is 0 Å². The Morgan fingerprint density at radius 3 is 2.65 bits per heavy atom. The molecule has 0 aliphatic carbocycles. The van der Waals surface area contributed by atoms with E-state index in [-0.39, 0.29) is 0 Å². The van der Waals surface area contributed by atoms with Crippen molar-refractivity contribution < 1.29 is 9.21 Å². The highest BCUT2D eigenvalue weighted by Gasteiger charge is 2.08. The Morgan fingerprint density at radius 1 is 1.24 bits per heavy atom. The number of nitrogens with zero attached hydrogens (tertiary/aromatic N) is 1. The van der Waals surface area contributed by atoms with Crippen LogP contribution in [0.1, 0.15) is 21.9 Å². The molecule has 3 heteroatoms. The molecule has 2 aromatic rings. The van der Waals surface area contributed by atoms with E-state index < -0.39 is 0 Å². The highest BCUT2D eigenvalue weighted by Crippen LogP contribution is 2.20. The summed E-state index contributed by atoms with van der Waals surface area (Å²) < 4.78 is 5.52. The topological polar surface area (TPSA) is 33.5 Å². The van der Waals surface area contributed by atoms with Gasteiger partial charge in [0.1, 0.15) is 11.5 Å². The number of rotatable bonds is 4. The molecule has 0 fully saturated rings. The molecule has 1 aromatic carbocycles. The maximum absolute atomic E-state index is 10.9. The van der Waals surface area contributed by atoms with Crippen LogP contribution in [0.3, 0.4) is 0 Å². The van der Waals surface area contributed by atoms with Crippen LogP contribution in [-0.2, 0) is 6.54 Å². The number of hydrogen-bond donors (Lipinski definition) is 0. The molecule has 0 atom stereocenters. The molecule has 2 rings (SSSR count). The normalized spacial score (nSPS) is 10.2. The minimum Gasteiger partial charge on any atom is -0.464 e. The first kappa shape index (κ1) is 11.5. The van der Waals surface area contributed by atoms with Gasteiger partial charge in [0, 0.05) is 18.3 Å². The molecule has 3 nitrogen and oxygen atoms in total. The second-order valence-electron chi connectivity index (χ2n) is 4.05. The number of carbonyl (C=O) groups is 1. The summed E-state index contributed by atoms with van der Waals surface area (Å²) in [6.45, 7) is 2.57. The third kappa shape index (κ3) is 2.56. The van der Waals surface area contributed by atoms with Crippen LogP contribution in [0.25, 0.3) is 0 Å². The number of aryl methyl sites for hydroxylation is 1. The summed E-state index contributed by atoms with van der Waals surface area (Å²) in [4.78, 5) is 12.9. The zero-order valence-corrected chi connectivity index (χ0v) is 10.0. The van der Waals surface area contributed by atoms with E-state index in [1.807, 2.05) is 55.3 Å². The molecule has 0 spiro atoms. The lowest BCUT2D eigenvalue weighted by Crippen LogP contribution is -2.17. The number of anilines is 1. The van der Waals surface area contributed by atoms with E-state index in [1.54, 1.807) is 0 Å². The Bertz CT molecular complexity index is 516. The van der Waals surface area contributed by atoms with Gasteiger partial charge in [0.15, 0.2) is 6.29 Å². The van der Waals surface area contributed by atoms with Crippen molar-refractivity contribution in [2.75, 3.05) is 11.9 Å². The van der Waals surface area contributed by atoms with E-state index in [0.29, 0.717) is 12.1 Å². The Balaban J connectivity index is 2.19. The molecule has 0 saturated heterocycles. The Hall–Kier alpha value is -2.03. The van der Waals surface area contributed by atoms with Crippen LogP contribution in [-0.4, -0.2) is 13.3 Å². The van der Waals surface area contributed by atoms with Crippen molar-refractivity contribution in [3.8, 4) is 0 Å². The van der Waals surface area contributed by atoms with Crippen molar-refractivity contribution in [2.45, 2.75) is 13.5 Å². The van der Waals surface area contributed by atoms with E-state index in [2.05, 4.69) is 0 Å². The second kappa shape index (κ2) is 4.87. The Morgan fingerprint density at radius 2 is 2.00 bits per heavy atom. The molecule has 88 valence electrons. The molecule has 0 aliphatic rings. The molecule has 0 N–H and O–H groups in total. The summed E-state index contributed by atoms with van der Waals surface area (Å²) in [5.74, 6) is 1.79. The summed E-state index contributed by atoms with van der Waals surface area (Å²) in [5, 5.41) is 0. The lowest BCUT2D eigenvalue weighted by molar-refractivity contribution is 0.112. The van der Waals surface area contributed by atoms with Gasteiger partial charge in [-0.1, -0.05) is 12.1 Å². The fourth-order valence-corrected chi connectivity index (χ4v) is 1.82. The van der Waals surface area contributed by atoms with Gasteiger partial charge >= 0.3 is 0 Å². The van der Waals surface area contributed by atoms with Crippen molar-refractivity contribution >= 4 is 12.0 Å². The van der Waals surface area contributed by atoms with Crippen LogP contribution in [0, 0.1) is 6.92 Å². The van der Waals surface area contributed by atoms with Crippen LogP contribution in [0.2, 0.25) is 0 Å². The van der Waals surface area contributed by atoms with Crippen molar-refractivity contribution in [3.05, 3.63) is 53.5 Å². The van der Waals surface area contributed by atoms with E-state index in [4.69, 9.17) is 4.42 Å². The standard InChI is InChI=1S/C14H15NO2/c1-11-7-8-13(17-11)9-15(2)14-6-4-3-5-12(14)10-16/h3-8,10H,9H2,1-2H3. The molecular formula is C14H15NO2. The highest BCUT2D eigenvalue weighted by molar-refractivity contribution is 5.84. The SMILES string of the molecule is Cc1ccc(CN(C)c2ccccc2C=O)o1. The maximum Gasteiger partial charge on any atom is 0.152 e. The predicted molar refractivity (Wildman–Crippen MR) is 67.4 cm³/mol. The first-order chi connectivity index (χ1) is 8.20. The van der Waals surface area contributed by atoms with Gasteiger partial charge in [-0.2, -0.15) is 0 Å². The summed E-state index contributed by atoms with van der Waals surface area (Å²) in [6, 6.07) is 11.4. The molecule has 17 heavy (non-hydrogen) atoms. The number of hydrogen-bond acceptors (Lipinski definition) is 3. The number of benzene rings is 1. The Kier molecular flexibility index (Phi) is 3.28. The highest BCUT2D eigenvalue weighted by atomic mass is 16.3. The van der Waals surface area contributed by atoms with Crippen LogP contribution < -0.4 is 4.90 Å². The third-order valence-corrected chi connectivity index (χ3v) is 2.66. The minimum absolute atomic E-state index is 0.651. The first-order valence-corrected chi connectivity index (χ1v) is 5.51. The van der Waals surface area contributed by atoms with E-state index in [9.17, 15) is 4.79 Å². The third-order valence-electron chi connectivity index (χ3n) is 2.66. The average Bonchev–Trinajstić information content (AvgIpc) is 2.74. The minimum atomic E-state index is 0.651. The lowest BCUT2D eigenvalue weighted by Gasteiger charge is -2.19. The zero-order valence-electron chi connectivity index (χ0n) is 10.0. The van der Waals surface area contributed by atoms with Crippen LogP contribution in [0.5, 0.6) is 0 Å². The lowest BCUT2D eigenvalue weighted by atomic mass is 10.2. The van der Waals surface area contributed by atoms with Gasteiger partial charge in [-0.3, -0.25) is 4.79 Å². The van der Waals surface area contributed by atoms with E-state index in [1.165, 1.54) is 0 Å². The smallest absolute Gasteiger partial charge is 0.152 e. The molecular weight excluding hydrogens is 214 g/mol. The quantitative estimate of drug-likeness (QED) is 0.755. The molecule has 1 heterocycles. The van der Waals surface area contributed by atoms with E-state index in [0.717, 1.165) is 23.5 Å². The molecule has 0 saturated carbocycles. The van der Waals surface area contributed by atoms with Crippen LogP contribution >= 0.6 is 0 Å². The fraction of sp³-hybridized carbons (Fsp3) is 0.214. The van der Waals surface area contributed by atoms with E-state index >= 15 is 0 Å². The molecule has 1 aromatic heterocycles. The van der Waals surface area contributed by atoms with Gasteiger partial charge in [-0.05, 0) is 31.2 Å². The molecule has 0 unspecified atom stereocenters. The fourth-order valence-electron chi connectivity index (χ4n) is 1.82. The van der Waals surface area contributed by atoms with Crippen molar-refractivity contribution in [1.82, 2.24) is 0 Å². The number of para-hydroxylation sites is 1. The van der Waals surface area contributed by atoms with Gasteiger partial charge in [-0.15, -0.1) is 0 Å². The Labute approximate surface area is 101 Å². The molecule has 0 aliphatic heterocycles. The first-order valence-electron chi connectivity index (χ1n) is 5.51. The molecule has 0 amide bonds. The van der Waals surface area contributed by atoms with Crippen LogP contribution in [0.15, 0.2) is 40.8 Å². The summed E-state index contributed by atoms with van der Waals surface area (Å²) >= 11 is 0. The second-order valence-corrected chi connectivity index (χ2v) is 4.05. The van der Waals surface area contributed by atoms with Gasteiger partial charge < -0.3 is 9.32 Å². The number of furan rings is 1. The van der Waals surface area contributed by atoms with Crippen molar-refractivity contribution in [2.24, 2.45) is 0 Å². The summed E-state index contributed by atoms with van der Waals surface area (Å²) in [5.41, 5.74) is 1.61. The van der Waals surface area contributed by atoms with Crippen molar-refractivity contribution in [3.63, 3.8) is 0 Å². The monoisotopic (exact) mass is 229 g/mol. The number of aldehydes is 1.